The lowest BCUT2D eigenvalue weighted by atomic mass is 10.2. The number of aryl methyl sites for hydroxylation is 1. The lowest BCUT2D eigenvalue weighted by Crippen LogP contribution is -2.24. The largest absolute Gasteiger partial charge is 0.478 e. The molecule has 0 aliphatic rings. The summed E-state index contributed by atoms with van der Waals surface area (Å²) in [7, 11) is 1.58. The molecule has 1 heterocycles. The van der Waals surface area contributed by atoms with Gasteiger partial charge < -0.3 is 20.2 Å². The van der Waals surface area contributed by atoms with E-state index in [4.69, 9.17) is 9.52 Å². The molecule has 0 aliphatic carbocycles. The molecule has 0 saturated carbocycles. The van der Waals surface area contributed by atoms with E-state index in [1.807, 2.05) is 0 Å². The molecule has 0 aliphatic heterocycles. The number of carboxylic acids is 1. The molecule has 0 fully saturated rings. The van der Waals surface area contributed by atoms with E-state index in [-0.39, 0.29) is 11.5 Å². The minimum atomic E-state index is -0.997. The fourth-order valence-electron chi connectivity index (χ4n) is 1.38. The second-order valence-electron chi connectivity index (χ2n) is 3.59. The second kappa shape index (κ2) is 6.05. The van der Waals surface area contributed by atoms with Crippen LogP contribution in [0.4, 0.5) is 0 Å². The lowest BCUT2D eigenvalue weighted by Gasteiger charge is -2.01. The summed E-state index contributed by atoms with van der Waals surface area (Å²) in [6.45, 7) is 2.53. The van der Waals surface area contributed by atoms with E-state index >= 15 is 0 Å². The van der Waals surface area contributed by atoms with Crippen LogP contribution >= 0.6 is 0 Å². The number of hydrogen-bond donors (Lipinski definition) is 3. The van der Waals surface area contributed by atoms with Gasteiger partial charge in [-0.25, -0.2) is 4.79 Å². The fraction of sp³-hybridized carbons (Fsp3) is 0.455. The SMILES string of the molecule is CNC(=O)CCNCc1cc(C(=O)O)c(C)o1. The third-order valence-corrected chi connectivity index (χ3v) is 2.31. The van der Waals surface area contributed by atoms with Gasteiger partial charge in [0.15, 0.2) is 0 Å². The number of rotatable bonds is 6. The summed E-state index contributed by atoms with van der Waals surface area (Å²) >= 11 is 0. The number of nitrogens with one attached hydrogen (secondary N) is 2. The van der Waals surface area contributed by atoms with Crippen molar-refractivity contribution in [3.8, 4) is 0 Å². The number of amides is 1. The maximum atomic E-state index is 10.9. The average molecular weight is 240 g/mol. The quantitative estimate of drug-likeness (QED) is 0.630. The molecule has 0 saturated heterocycles. The molecular formula is C11H16N2O4. The van der Waals surface area contributed by atoms with Gasteiger partial charge >= 0.3 is 5.97 Å². The zero-order chi connectivity index (χ0) is 12.8. The van der Waals surface area contributed by atoms with Crippen LogP contribution in [-0.2, 0) is 11.3 Å². The van der Waals surface area contributed by atoms with Crippen LogP contribution in [0.3, 0.4) is 0 Å². The first-order chi connectivity index (χ1) is 8.04. The Morgan fingerprint density at radius 3 is 2.71 bits per heavy atom. The van der Waals surface area contributed by atoms with Crippen LogP contribution < -0.4 is 10.6 Å². The molecule has 0 unspecified atom stereocenters. The molecule has 1 rings (SSSR count). The number of hydrogen-bond acceptors (Lipinski definition) is 4. The molecule has 1 aromatic heterocycles. The highest BCUT2D eigenvalue weighted by atomic mass is 16.4. The molecule has 1 aromatic rings. The summed E-state index contributed by atoms with van der Waals surface area (Å²) in [4.78, 5) is 21.7. The van der Waals surface area contributed by atoms with Gasteiger partial charge in [-0.2, -0.15) is 0 Å². The minimum absolute atomic E-state index is 0.0423. The van der Waals surface area contributed by atoms with Gasteiger partial charge in [0.1, 0.15) is 17.1 Å². The van der Waals surface area contributed by atoms with Crippen molar-refractivity contribution < 1.29 is 19.1 Å². The Balaban J connectivity index is 2.40. The maximum Gasteiger partial charge on any atom is 0.339 e. The van der Waals surface area contributed by atoms with E-state index in [1.165, 1.54) is 6.07 Å². The molecule has 0 atom stereocenters. The molecule has 0 bridgehead atoms. The standard InChI is InChI=1S/C11H16N2O4/c1-7-9(11(15)16)5-8(17-7)6-13-4-3-10(14)12-2/h5,13H,3-4,6H2,1-2H3,(H,12,14)(H,15,16). The third-order valence-electron chi connectivity index (χ3n) is 2.31. The molecule has 0 radical (unpaired) electrons. The lowest BCUT2D eigenvalue weighted by molar-refractivity contribution is -0.120. The molecule has 3 N–H and O–H groups in total. The summed E-state index contributed by atoms with van der Waals surface area (Å²) in [5, 5.41) is 14.3. The van der Waals surface area contributed by atoms with Gasteiger partial charge in [-0.3, -0.25) is 4.79 Å². The maximum absolute atomic E-state index is 10.9. The summed E-state index contributed by atoms with van der Waals surface area (Å²) in [5.41, 5.74) is 0.174. The Bertz CT molecular complexity index is 412. The summed E-state index contributed by atoms with van der Waals surface area (Å²) in [5.74, 6) is -0.0976. The molecule has 6 nitrogen and oxygen atoms in total. The molecule has 1 amide bonds. The molecule has 0 aromatic carbocycles. The van der Waals surface area contributed by atoms with Crippen LogP contribution in [0, 0.1) is 6.92 Å². The normalized spacial score (nSPS) is 10.2. The minimum Gasteiger partial charge on any atom is -0.478 e. The Morgan fingerprint density at radius 1 is 1.47 bits per heavy atom. The van der Waals surface area contributed by atoms with E-state index in [9.17, 15) is 9.59 Å². The Labute approximate surface area is 99.0 Å². The Hall–Kier alpha value is -1.82. The van der Waals surface area contributed by atoms with E-state index in [2.05, 4.69) is 10.6 Å². The number of carboxylic acid groups (broad SMARTS) is 1. The summed E-state index contributed by atoms with van der Waals surface area (Å²) < 4.78 is 5.27. The monoisotopic (exact) mass is 240 g/mol. The summed E-state index contributed by atoms with van der Waals surface area (Å²) in [6.07, 6.45) is 0.377. The van der Waals surface area contributed by atoms with Crippen LogP contribution in [-0.4, -0.2) is 30.6 Å². The first-order valence-corrected chi connectivity index (χ1v) is 5.28. The Kier molecular flexibility index (Phi) is 4.71. The van der Waals surface area contributed by atoms with Crippen LogP contribution in [0.5, 0.6) is 0 Å². The van der Waals surface area contributed by atoms with E-state index in [0.717, 1.165) is 0 Å². The van der Waals surface area contributed by atoms with Crippen molar-refractivity contribution in [2.45, 2.75) is 19.9 Å². The van der Waals surface area contributed by atoms with Gasteiger partial charge in [-0.15, -0.1) is 0 Å². The summed E-state index contributed by atoms with van der Waals surface area (Å²) in [6, 6.07) is 1.49. The van der Waals surface area contributed by atoms with Crippen LogP contribution in [0.15, 0.2) is 10.5 Å². The number of aromatic carboxylic acids is 1. The van der Waals surface area contributed by atoms with E-state index in [0.29, 0.717) is 31.0 Å². The predicted molar refractivity (Wildman–Crippen MR) is 60.8 cm³/mol. The van der Waals surface area contributed by atoms with Gasteiger partial charge in [-0.1, -0.05) is 0 Å². The van der Waals surface area contributed by atoms with Gasteiger partial charge in [0.25, 0.3) is 0 Å². The van der Waals surface area contributed by atoms with Crippen molar-refractivity contribution in [1.29, 1.82) is 0 Å². The highest BCUT2D eigenvalue weighted by molar-refractivity contribution is 5.88. The fourth-order valence-corrected chi connectivity index (χ4v) is 1.38. The first kappa shape index (κ1) is 13.2. The van der Waals surface area contributed by atoms with Crippen molar-refractivity contribution >= 4 is 11.9 Å². The van der Waals surface area contributed by atoms with Crippen LogP contribution in [0.2, 0.25) is 0 Å². The highest BCUT2D eigenvalue weighted by Gasteiger charge is 2.13. The first-order valence-electron chi connectivity index (χ1n) is 5.28. The number of carbonyl (C=O) groups is 2. The van der Waals surface area contributed by atoms with Crippen LogP contribution in [0.1, 0.15) is 28.3 Å². The van der Waals surface area contributed by atoms with Gasteiger partial charge in [0.2, 0.25) is 5.91 Å². The zero-order valence-electron chi connectivity index (χ0n) is 9.87. The topological polar surface area (TPSA) is 91.6 Å². The average Bonchev–Trinajstić information content (AvgIpc) is 2.65. The number of carbonyl (C=O) groups excluding carboxylic acids is 1. The van der Waals surface area contributed by atoms with Crippen molar-refractivity contribution in [3.63, 3.8) is 0 Å². The zero-order valence-corrected chi connectivity index (χ0v) is 9.87. The van der Waals surface area contributed by atoms with Gasteiger partial charge in [0, 0.05) is 20.0 Å². The predicted octanol–water partition coefficient (Wildman–Crippen LogP) is 0.512. The van der Waals surface area contributed by atoms with Gasteiger partial charge in [-0.05, 0) is 13.0 Å². The smallest absolute Gasteiger partial charge is 0.339 e. The van der Waals surface area contributed by atoms with Gasteiger partial charge in [0.05, 0.1) is 6.54 Å². The van der Waals surface area contributed by atoms with E-state index in [1.54, 1.807) is 14.0 Å². The number of furan rings is 1. The molecular weight excluding hydrogens is 224 g/mol. The molecule has 6 heteroatoms. The van der Waals surface area contributed by atoms with Crippen molar-refractivity contribution in [2.75, 3.05) is 13.6 Å². The van der Waals surface area contributed by atoms with E-state index < -0.39 is 5.97 Å². The second-order valence-corrected chi connectivity index (χ2v) is 3.59. The third kappa shape index (κ3) is 3.92. The Morgan fingerprint density at radius 2 is 2.18 bits per heavy atom. The van der Waals surface area contributed by atoms with Crippen LogP contribution in [0.25, 0.3) is 0 Å². The highest BCUT2D eigenvalue weighted by Crippen LogP contribution is 2.14. The molecule has 0 spiro atoms. The van der Waals surface area contributed by atoms with Crippen molar-refractivity contribution in [3.05, 3.63) is 23.2 Å². The van der Waals surface area contributed by atoms with Crippen molar-refractivity contribution in [2.24, 2.45) is 0 Å². The molecule has 94 valence electrons. The van der Waals surface area contributed by atoms with Crippen molar-refractivity contribution in [1.82, 2.24) is 10.6 Å². The molecule has 17 heavy (non-hydrogen) atoms.